The number of amides is 1. The summed E-state index contributed by atoms with van der Waals surface area (Å²) in [4.78, 5) is 32.3. The maximum absolute atomic E-state index is 13.3. The van der Waals surface area contributed by atoms with Gasteiger partial charge < -0.3 is 10.2 Å². The minimum Gasteiger partial charge on any atom is -0.349 e. The highest BCUT2D eigenvalue weighted by molar-refractivity contribution is 5.94. The molecule has 0 bridgehead atoms. The number of carbonyl (C=O) groups excluding carboxylic acids is 1. The third-order valence-corrected chi connectivity index (χ3v) is 6.09. The van der Waals surface area contributed by atoms with E-state index in [9.17, 15) is 27.2 Å². The fraction of sp³-hybridized carbons (Fsp3) is 0.320. The summed E-state index contributed by atoms with van der Waals surface area (Å²) in [6.07, 6.45) is -4.05. The van der Waals surface area contributed by atoms with Crippen LogP contribution in [0.15, 0.2) is 53.3 Å². The number of hydrogen-bond acceptors (Lipinski definition) is 4. The van der Waals surface area contributed by atoms with Crippen LogP contribution in [0, 0.1) is 5.82 Å². The van der Waals surface area contributed by atoms with Gasteiger partial charge in [-0.25, -0.2) is 9.37 Å². The summed E-state index contributed by atoms with van der Waals surface area (Å²) < 4.78 is 53.2. The van der Waals surface area contributed by atoms with E-state index in [1.807, 2.05) is 0 Å². The summed E-state index contributed by atoms with van der Waals surface area (Å²) in [6, 6.07) is 9.68. The van der Waals surface area contributed by atoms with E-state index in [0.717, 1.165) is 12.1 Å². The maximum atomic E-state index is 13.3. The summed E-state index contributed by atoms with van der Waals surface area (Å²) in [6.45, 7) is 4.31. The zero-order chi connectivity index (χ0) is 25.3. The largest absolute Gasteiger partial charge is 0.416 e. The molecule has 2 heterocycles. The van der Waals surface area contributed by atoms with Gasteiger partial charge in [-0.15, -0.1) is 0 Å². The maximum Gasteiger partial charge on any atom is 0.416 e. The van der Waals surface area contributed by atoms with E-state index >= 15 is 0 Å². The summed E-state index contributed by atoms with van der Waals surface area (Å²) >= 11 is 0. The van der Waals surface area contributed by atoms with Crippen molar-refractivity contribution in [2.45, 2.75) is 45.6 Å². The van der Waals surface area contributed by atoms with E-state index in [1.165, 1.54) is 45.9 Å². The number of nitrogens with zero attached hydrogens (tertiary/aromatic N) is 3. The summed E-state index contributed by atoms with van der Waals surface area (Å²) in [5.74, 6) is -0.413. The molecule has 1 aromatic heterocycles. The van der Waals surface area contributed by atoms with Crippen molar-refractivity contribution in [2.24, 2.45) is 0 Å². The molecule has 1 aliphatic heterocycles. The summed E-state index contributed by atoms with van der Waals surface area (Å²) in [5, 5.41) is 3.15. The van der Waals surface area contributed by atoms with Crippen LogP contribution in [-0.2, 0) is 25.7 Å². The van der Waals surface area contributed by atoms with Crippen LogP contribution in [0.25, 0.3) is 0 Å². The number of alkyl halides is 3. The van der Waals surface area contributed by atoms with E-state index in [4.69, 9.17) is 0 Å². The molecule has 0 spiro atoms. The Morgan fingerprint density at radius 2 is 1.77 bits per heavy atom. The molecule has 2 aromatic carbocycles. The second kappa shape index (κ2) is 9.52. The summed E-state index contributed by atoms with van der Waals surface area (Å²) in [5.41, 5.74) is 0.930. The van der Waals surface area contributed by atoms with Crippen molar-refractivity contribution in [1.29, 1.82) is 0 Å². The number of fused-ring (bicyclic) bond motifs is 1. The van der Waals surface area contributed by atoms with E-state index in [2.05, 4.69) is 10.3 Å². The average molecular weight is 488 g/mol. The van der Waals surface area contributed by atoms with Crippen molar-refractivity contribution in [3.05, 3.63) is 92.6 Å². The Morgan fingerprint density at radius 1 is 1.11 bits per heavy atom. The first-order chi connectivity index (χ1) is 16.6. The highest BCUT2D eigenvalue weighted by atomic mass is 19.4. The second-order valence-corrected chi connectivity index (χ2v) is 8.38. The van der Waals surface area contributed by atoms with Gasteiger partial charge in [0, 0.05) is 25.1 Å². The quantitative estimate of drug-likeness (QED) is 0.525. The Morgan fingerprint density at radius 3 is 2.37 bits per heavy atom. The normalized spacial score (nSPS) is 14.4. The molecule has 0 saturated carbocycles. The molecule has 35 heavy (non-hydrogen) atoms. The second-order valence-electron chi connectivity index (χ2n) is 8.38. The molecule has 1 atom stereocenters. The Kier molecular flexibility index (Phi) is 6.64. The standard InChI is InChI=1S/C25H24F4N4O2/c1-3-33-23(35)20-14-32(22(34)17-6-10-19(26)11-7-17)13-12-21(20)31-24(33)30-15(2)16-4-8-18(9-5-16)25(27,28)29/h4-11,15H,3,12-14H2,1-2H3,(H,30,31). The molecule has 1 N–H and O–H groups in total. The molecule has 0 saturated heterocycles. The number of aromatic nitrogens is 2. The van der Waals surface area contributed by atoms with Crippen LogP contribution in [0.3, 0.4) is 0 Å². The predicted octanol–water partition coefficient (Wildman–Crippen LogP) is 4.79. The lowest BCUT2D eigenvalue weighted by Crippen LogP contribution is -2.41. The van der Waals surface area contributed by atoms with E-state index in [-0.39, 0.29) is 18.0 Å². The molecule has 4 rings (SSSR count). The van der Waals surface area contributed by atoms with Crippen LogP contribution in [0.4, 0.5) is 23.5 Å². The van der Waals surface area contributed by atoms with E-state index in [0.29, 0.717) is 47.8 Å². The molecule has 1 unspecified atom stereocenters. The zero-order valence-corrected chi connectivity index (χ0v) is 19.2. The summed E-state index contributed by atoms with van der Waals surface area (Å²) in [7, 11) is 0. The Balaban J connectivity index is 1.57. The molecule has 3 aromatic rings. The van der Waals surface area contributed by atoms with Gasteiger partial charge in [-0.3, -0.25) is 14.2 Å². The van der Waals surface area contributed by atoms with E-state index in [1.54, 1.807) is 13.8 Å². The van der Waals surface area contributed by atoms with Gasteiger partial charge in [0.2, 0.25) is 5.95 Å². The van der Waals surface area contributed by atoms with Gasteiger partial charge >= 0.3 is 6.18 Å². The van der Waals surface area contributed by atoms with Gasteiger partial charge in [0.1, 0.15) is 5.82 Å². The molecule has 184 valence electrons. The number of halogens is 4. The van der Waals surface area contributed by atoms with Crippen LogP contribution in [0.2, 0.25) is 0 Å². The minimum atomic E-state index is -4.41. The van der Waals surface area contributed by atoms with Crippen LogP contribution in [-0.4, -0.2) is 26.9 Å². The Bertz CT molecular complexity index is 1290. The lowest BCUT2D eigenvalue weighted by molar-refractivity contribution is -0.137. The number of benzene rings is 2. The van der Waals surface area contributed by atoms with Gasteiger partial charge in [-0.2, -0.15) is 13.2 Å². The van der Waals surface area contributed by atoms with Crippen molar-refractivity contribution < 1.29 is 22.4 Å². The number of nitrogens with one attached hydrogen (secondary N) is 1. The van der Waals surface area contributed by atoms with Crippen molar-refractivity contribution in [3.8, 4) is 0 Å². The SMILES string of the molecule is CCn1c(NC(C)c2ccc(C(F)(F)F)cc2)nc2c(c1=O)CN(C(=O)c1ccc(F)cc1)CC2. The third kappa shape index (κ3) is 5.06. The first kappa shape index (κ1) is 24.4. The predicted molar refractivity (Wildman–Crippen MR) is 122 cm³/mol. The van der Waals surface area contributed by atoms with Gasteiger partial charge in [-0.1, -0.05) is 12.1 Å². The number of anilines is 1. The molecule has 6 nitrogen and oxygen atoms in total. The lowest BCUT2D eigenvalue weighted by Gasteiger charge is -2.29. The van der Waals surface area contributed by atoms with Crippen LogP contribution < -0.4 is 10.9 Å². The molecule has 1 aliphatic rings. The average Bonchev–Trinajstić information content (AvgIpc) is 2.83. The Labute approximate surface area is 199 Å². The molecular formula is C25H24F4N4O2. The van der Waals surface area contributed by atoms with Gasteiger partial charge in [0.25, 0.3) is 11.5 Å². The monoisotopic (exact) mass is 488 g/mol. The molecule has 10 heteroatoms. The lowest BCUT2D eigenvalue weighted by atomic mass is 10.0. The number of rotatable bonds is 5. The fourth-order valence-corrected chi connectivity index (χ4v) is 4.10. The topological polar surface area (TPSA) is 67.2 Å². The Hall–Kier alpha value is -3.69. The number of carbonyl (C=O) groups is 1. The third-order valence-electron chi connectivity index (χ3n) is 6.09. The van der Waals surface area contributed by atoms with Crippen LogP contribution in [0.5, 0.6) is 0 Å². The first-order valence-electron chi connectivity index (χ1n) is 11.2. The van der Waals surface area contributed by atoms with Crippen molar-refractivity contribution >= 4 is 11.9 Å². The zero-order valence-electron chi connectivity index (χ0n) is 19.2. The van der Waals surface area contributed by atoms with E-state index < -0.39 is 23.6 Å². The molecular weight excluding hydrogens is 464 g/mol. The fourth-order valence-electron chi connectivity index (χ4n) is 4.10. The van der Waals surface area contributed by atoms with Gasteiger partial charge in [0.05, 0.1) is 29.4 Å². The van der Waals surface area contributed by atoms with Crippen LogP contribution >= 0.6 is 0 Å². The molecule has 0 aliphatic carbocycles. The van der Waals surface area contributed by atoms with Crippen molar-refractivity contribution in [1.82, 2.24) is 14.5 Å². The van der Waals surface area contributed by atoms with Crippen molar-refractivity contribution in [2.75, 3.05) is 11.9 Å². The minimum absolute atomic E-state index is 0.0894. The highest BCUT2D eigenvalue weighted by Gasteiger charge is 2.30. The van der Waals surface area contributed by atoms with Crippen LogP contribution in [0.1, 0.15) is 52.6 Å². The smallest absolute Gasteiger partial charge is 0.349 e. The van der Waals surface area contributed by atoms with Gasteiger partial charge in [0.15, 0.2) is 0 Å². The van der Waals surface area contributed by atoms with Gasteiger partial charge in [-0.05, 0) is 55.8 Å². The highest BCUT2D eigenvalue weighted by Crippen LogP contribution is 2.30. The molecule has 0 radical (unpaired) electrons. The first-order valence-corrected chi connectivity index (χ1v) is 11.2. The van der Waals surface area contributed by atoms with Crippen molar-refractivity contribution in [3.63, 3.8) is 0 Å². The molecule has 0 fully saturated rings. The molecule has 1 amide bonds. The number of hydrogen-bond donors (Lipinski definition) is 1.